The van der Waals surface area contributed by atoms with Gasteiger partial charge in [0.15, 0.2) is 11.6 Å². The van der Waals surface area contributed by atoms with Gasteiger partial charge >= 0.3 is 0 Å². The standard InChI is InChI=1S/C23H26F2O4/c1-22(2)8-15(26)20(16(27)9-22)19(12-5-6-13(24)14(25)7-12)21-17(28)10-23(3,4)11-18(21)29/h5-7,19-21H,8-11H2,1-4H3. The molecule has 3 rings (SSSR count). The van der Waals surface area contributed by atoms with Gasteiger partial charge in [0.2, 0.25) is 0 Å². The Balaban J connectivity index is 2.11. The van der Waals surface area contributed by atoms with Crippen molar-refractivity contribution in [2.24, 2.45) is 22.7 Å². The van der Waals surface area contributed by atoms with Gasteiger partial charge in [-0.05, 0) is 28.5 Å². The summed E-state index contributed by atoms with van der Waals surface area (Å²) in [6.45, 7) is 7.24. The molecular formula is C23H26F2O4. The van der Waals surface area contributed by atoms with E-state index in [9.17, 15) is 28.0 Å². The molecule has 0 radical (unpaired) electrons. The van der Waals surface area contributed by atoms with Gasteiger partial charge in [-0.2, -0.15) is 0 Å². The third-order valence-electron chi connectivity index (χ3n) is 6.05. The lowest BCUT2D eigenvalue weighted by Crippen LogP contribution is -2.48. The highest BCUT2D eigenvalue weighted by atomic mass is 19.2. The second-order valence-electron chi connectivity index (χ2n) is 10.1. The zero-order chi connectivity index (χ0) is 21.7. The zero-order valence-corrected chi connectivity index (χ0v) is 17.2. The first kappa shape index (κ1) is 21.5. The highest BCUT2D eigenvalue weighted by Crippen LogP contribution is 2.47. The van der Waals surface area contributed by atoms with Crippen LogP contribution in [-0.2, 0) is 19.2 Å². The van der Waals surface area contributed by atoms with Gasteiger partial charge in [0.1, 0.15) is 23.1 Å². The average molecular weight is 404 g/mol. The Hall–Kier alpha value is -2.24. The van der Waals surface area contributed by atoms with Crippen LogP contribution >= 0.6 is 0 Å². The zero-order valence-electron chi connectivity index (χ0n) is 17.2. The molecule has 1 aromatic rings. The summed E-state index contributed by atoms with van der Waals surface area (Å²) in [5.41, 5.74) is -0.876. The predicted octanol–water partition coefficient (Wildman–Crippen LogP) is 4.20. The third-order valence-corrected chi connectivity index (χ3v) is 6.05. The molecular weight excluding hydrogens is 378 g/mol. The van der Waals surface area contributed by atoms with Gasteiger partial charge < -0.3 is 0 Å². The van der Waals surface area contributed by atoms with Crippen molar-refractivity contribution >= 4 is 23.1 Å². The van der Waals surface area contributed by atoms with E-state index in [0.717, 1.165) is 12.1 Å². The summed E-state index contributed by atoms with van der Waals surface area (Å²) in [6.07, 6.45) is 0.517. The van der Waals surface area contributed by atoms with E-state index in [2.05, 4.69) is 0 Å². The molecule has 2 fully saturated rings. The summed E-state index contributed by atoms with van der Waals surface area (Å²) >= 11 is 0. The molecule has 1 aromatic carbocycles. The van der Waals surface area contributed by atoms with Crippen LogP contribution in [0.15, 0.2) is 18.2 Å². The van der Waals surface area contributed by atoms with E-state index in [4.69, 9.17) is 0 Å². The molecule has 0 N–H and O–H groups in total. The summed E-state index contributed by atoms with van der Waals surface area (Å²) in [4.78, 5) is 51.8. The Bertz CT molecular complexity index is 812. The van der Waals surface area contributed by atoms with Crippen LogP contribution in [0, 0.1) is 34.3 Å². The van der Waals surface area contributed by atoms with Crippen LogP contribution < -0.4 is 0 Å². The lowest BCUT2D eigenvalue weighted by atomic mass is 9.59. The molecule has 0 heterocycles. The Labute approximate surface area is 169 Å². The van der Waals surface area contributed by atoms with Crippen molar-refractivity contribution in [1.82, 2.24) is 0 Å². The van der Waals surface area contributed by atoms with Crippen LogP contribution in [0.1, 0.15) is 64.9 Å². The van der Waals surface area contributed by atoms with Crippen LogP contribution in [0.5, 0.6) is 0 Å². The fourth-order valence-electron chi connectivity index (χ4n) is 4.91. The average Bonchev–Trinajstić information content (AvgIpc) is 2.52. The van der Waals surface area contributed by atoms with Crippen molar-refractivity contribution in [2.45, 2.75) is 59.3 Å². The SMILES string of the molecule is CC1(C)CC(=O)C(C(c2ccc(F)c(F)c2)C2C(=O)CC(C)(C)CC2=O)C(=O)C1. The predicted molar refractivity (Wildman–Crippen MR) is 102 cm³/mol. The van der Waals surface area contributed by atoms with Gasteiger partial charge in [-0.3, -0.25) is 19.2 Å². The van der Waals surface area contributed by atoms with Crippen molar-refractivity contribution in [3.05, 3.63) is 35.4 Å². The Morgan fingerprint density at radius 3 is 1.45 bits per heavy atom. The van der Waals surface area contributed by atoms with E-state index >= 15 is 0 Å². The lowest BCUT2D eigenvalue weighted by Gasteiger charge is -2.41. The maximum atomic E-state index is 14.0. The van der Waals surface area contributed by atoms with Crippen LogP contribution in [0.4, 0.5) is 8.78 Å². The topological polar surface area (TPSA) is 68.3 Å². The lowest BCUT2D eigenvalue weighted by molar-refractivity contribution is -0.145. The maximum Gasteiger partial charge on any atom is 0.159 e. The summed E-state index contributed by atoms with van der Waals surface area (Å²) in [7, 11) is 0. The molecule has 0 bridgehead atoms. The smallest absolute Gasteiger partial charge is 0.159 e. The number of hydrogen-bond acceptors (Lipinski definition) is 4. The Morgan fingerprint density at radius 2 is 1.10 bits per heavy atom. The first-order chi connectivity index (χ1) is 13.3. The van der Waals surface area contributed by atoms with E-state index in [1.54, 1.807) is 0 Å². The monoisotopic (exact) mass is 404 g/mol. The molecule has 0 spiro atoms. The minimum absolute atomic E-state index is 0.129. The number of rotatable bonds is 3. The van der Waals surface area contributed by atoms with E-state index in [-0.39, 0.29) is 54.4 Å². The van der Waals surface area contributed by atoms with Gasteiger partial charge in [-0.15, -0.1) is 0 Å². The van der Waals surface area contributed by atoms with E-state index in [1.807, 2.05) is 27.7 Å². The number of benzene rings is 1. The fourth-order valence-corrected chi connectivity index (χ4v) is 4.91. The van der Waals surface area contributed by atoms with Crippen LogP contribution in [0.3, 0.4) is 0 Å². The summed E-state index contributed by atoms with van der Waals surface area (Å²) in [5.74, 6) is -7.14. The molecule has 156 valence electrons. The molecule has 0 aromatic heterocycles. The molecule has 0 aliphatic heterocycles. The van der Waals surface area contributed by atoms with Crippen LogP contribution in [0.2, 0.25) is 0 Å². The Kier molecular flexibility index (Phi) is 5.35. The van der Waals surface area contributed by atoms with Crippen molar-refractivity contribution in [3.63, 3.8) is 0 Å². The van der Waals surface area contributed by atoms with E-state index in [0.29, 0.717) is 0 Å². The highest BCUT2D eigenvalue weighted by Gasteiger charge is 2.52. The van der Waals surface area contributed by atoms with Gasteiger partial charge in [0.05, 0.1) is 11.8 Å². The normalized spacial score (nSPS) is 23.1. The second kappa shape index (κ2) is 7.22. The molecule has 0 atom stereocenters. The molecule has 0 saturated heterocycles. The number of carbonyl (C=O) groups is 4. The summed E-state index contributed by atoms with van der Waals surface area (Å²) in [6, 6.07) is 3.07. The van der Waals surface area contributed by atoms with Gasteiger partial charge in [-0.1, -0.05) is 33.8 Å². The second-order valence-corrected chi connectivity index (χ2v) is 10.1. The van der Waals surface area contributed by atoms with E-state index in [1.165, 1.54) is 6.07 Å². The summed E-state index contributed by atoms with van der Waals surface area (Å²) < 4.78 is 27.5. The number of hydrogen-bond donors (Lipinski definition) is 0. The van der Waals surface area contributed by atoms with E-state index < -0.39 is 40.2 Å². The molecule has 2 saturated carbocycles. The first-order valence-corrected chi connectivity index (χ1v) is 9.87. The van der Waals surface area contributed by atoms with Crippen molar-refractivity contribution in [3.8, 4) is 0 Å². The number of halogens is 2. The van der Waals surface area contributed by atoms with Gasteiger partial charge in [0.25, 0.3) is 0 Å². The first-order valence-electron chi connectivity index (χ1n) is 9.87. The molecule has 0 amide bonds. The molecule has 29 heavy (non-hydrogen) atoms. The largest absolute Gasteiger partial charge is 0.299 e. The highest BCUT2D eigenvalue weighted by molar-refractivity contribution is 6.11. The molecule has 4 nitrogen and oxygen atoms in total. The molecule has 2 aliphatic carbocycles. The Morgan fingerprint density at radius 1 is 0.724 bits per heavy atom. The summed E-state index contributed by atoms with van der Waals surface area (Å²) in [5, 5.41) is 0. The molecule has 6 heteroatoms. The molecule has 2 aliphatic rings. The van der Waals surface area contributed by atoms with Crippen molar-refractivity contribution < 1.29 is 28.0 Å². The third kappa shape index (κ3) is 4.21. The minimum Gasteiger partial charge on any atom is -0.299 e. The number of carbonyl (C=O) groups excluding carboxylic acids is 4. The number of ketones is 4. The quantitative estimate of drug-likeness (QED) is 0.708. The maximum absolute atomic E-state index is 14.0. The number of Topliss-reactive ketones (excluding diaryl/α,β-unsaturated/α-hetero) is 4. The fraction of sp³-hybridized carbons (Fsp3) is 0.565. The minimum atomic E-state index is -1.20. The molecule has 0 unspecified atom stereocenters. The van der Waals surface area contributed by atoms with Crippen LogP contribution in [-0.4, -0.2) is 23.1 Å². The van der Waals surface area contributed by atoms with Gasteiger partial charge in [0, 0.05) is 31.6 Å². The van der Waals surface area contributed by atoms with Crippen molar-refractivity contribution in [2.75, 3.05) is 0 Å². The van der Waals surface area contributed by atoms with Gasteiger partial charge in [-0.25, -0.2) is 8.78 Å². The van der Waals surface area contributed by atoms with Crippen molar-refractivity contribution in [1.29, 1.82) is 0 Å². The van der Waals surface area contributed by atoms with Crippen LogP contribution in [0.25, 0.3) is 0 Å².